The highest BCUT2D eigenvalue weighted by Crippen LogP contribution is 2.48. The zero-order valence-electron chi connectivity index (χ0n) is 12.0. The van der Waals surface area contributed by atoms with E-state index in [1.807, 2.05) is 0 Å². The highest BCUT2D eigenvalue weighted by Gasteiger charge is 2.27. The lowest BCUT2D eigenvalue weighted by Gasteiger charge is -2.35. The van der Waals surface area contributed by atoms with Gasteiger partial charge in [-0.3, -0.25) is 0 Å². The third kappa shape index (κ3) is 4.59. The van der Waals surface area contributed by atoms with Gasteiger partial charge in [-0.05, 0) is 36.0 Å². The fourth-order valence-corrected chi connectivity index (χ4v) is 7.31. The van der Waals surface area contributed by atoms with Gasteiger partial charge in [-0.15, -0.1) is 15.8 Å². The average molecular weight is 263 g/mol. The maximum Gasteiger partial charge on any atom is 0.0169 e. The fraction of sp³-hybridized carbons (Fsp3) is 1.00. The predicted octanol–water partition coefficient (Wildman–Crippen LogP) is 4.13. The first-order valence-electron chi connectivity index (χ1n) is 6.76. The third-order valence-electron chi connectivity index (χ3n) is 3.89. The zero-order valence-corrected chi connectivity index (χ0v) is 13.8. The molecule has 2 unspecified atom stereocenters. The molecule has 0 aromatic carbocycles. The van der Waals surface area contributed by atoms with E-state index < -0.39 is 0 Å². The van der Waals surface area contributed by atoms with Crippen molar-refractivity contribution in [3.63, 3.8) is 0 Å². The van der Waals surface area contributed by atoms with Gasteiger partial charge < -0.3 is 5.73 Å². The minimum atomic E-state index is 0.161. The smallest absolute Gasteiger partial charge is 0.0169 e. The lowest BCUT2D eigenvalue weighted by atomic mass is 10.2. The standard InChI is InChI=1S/C13H31NP2/c1-7-15(8-2)11(5)13(14)12(6)16(9-3)10-4/h11-13H,7-10,14H2,1-6H3. The van der Waals surface area contributed by atoms with Crippen molar-refractivity contribution in [2.24, 2.45) is 5.73 Å². The molecule has 0 aromatic heterocycles. The van der Waals surface area contributed by atoms with Gasteiger partial charge in [0.2, 0.25) is 0 Å². The molecule has 0 heterocycles. The second kappa shape index (κ2) is 8.84. The van der Waals surface area contributed by atoms with E-state index in [9.17, 15) is 0 Å². The lowest BCUT2D eigenvalue weighted by molar-refractivity contribution is 0.640. The largest absolute Gasteiger partial charge is 0.327 e. The molecule has 0 aromatic rings. The van der Waals surface area contributed by atoms with Crippen LogP contribution in [0.4, 0.5) is 0 Å². The summed E-state index contributed by atoms with van der Waals surface area (Å²) in [4.78, 5) is 0. The first-order valence-corrected chi connectivity index (χ1v) is 10.3. The van der Waals surface area contributed by atoms with Crippen LogP contribution in [0, 0.1) is 0 Å². The van der Waals surface area contributed by atoms with Crippen LogP contribution < -0.4 is 5.73 Å². The maximum atomic E-state index is 6.50. The van der Waals surface area contributed by atoms with Gasteiger partial charge in [0.15, 0.2) is 0 Å². The summed E-state index contributed by atoms with van der Waals surface area (Å²) in [6, 6.07) is 0.428. The van der Waals surface area contributed by atoms with Crippen molar-refractivity contribution >= 4 is 15.8 Å². The number of hydrogen-bond donors (Lipinski definition) is 1. The Kier molecular flexibility index (Phi) is 9.30. The molecular weight excluding hydrogens is 232 g/mol. The number of nitrogens with two attached hydrogens (primary N) is 1. The first-order chi connectivity index (χ1) is 7.53. The van der Waals surface area contributed by atoms with Gasteiger partial charge in [0.05, 0.1) is 0 Å². The summed E-state index contributed by atoms with van der Waals surface area (Å²) in [7, 11) is 0.323. The summed E-state index contributed by atoms with van der Waals surface area (Å²) in [5, 5.41) is 0. The molecule has 2 atom stereocenters. The molecule has 0 fully saturated rings. The van der Waals surface area contributed by atoms with Crippen LogP contribution in [0.15, 0.2) is 0 Å². The van der Waals surface area contributed by atoms with E-state index in [2.05, 4.69) is 41.5 Å². The Bertz CT molecular complexity index is 149. The van der Waals surface area contributed by atoms with Crippen LogP contribution in [0.1, 0.15) is 41.5 Å². The molecule has 98 valence electrons. The molecule has 0 spiro atoms. The molecule has 3 heteroatoms. The summed E-state index contributed by atoms with van der Waals surface area (Å²) in [6.07, 6.45) is 5.35. The van der Waals surface area contributed by atoms with Crippen LogP contribution in [0.3, 0.4) is 0 Å². The van der Waals surface area contributed by atoms with Crippen molar-refractivity contribution in [1.29, 1.82) is 0 Å². The molecule has 2 N–H and O–H groups in total. The van der Waals surface area contributed by atoms with Crippen molar-refractivity contribution < 1.29 is 0 Å². The van der Waals surface area contributed by atoms with Gasteiger partial charge in [0.1, 0.15) is 0 Å². The fourth-order valence-electron chi connectivity index (χ4n) is 2.49. The zero-order chi connectivity index (χ0) is 12.7. The molecule has 0 saturated carbocycles. The number of rotatable bonds is 8. The van der Waals surface area contributed by atoms with E-state index in [-0.39, 0.29) is 15.8 Å². The molecule has 0 bridgehead atoms. The summed E-state index contributed by atoms with van der Waals surface area (Å²) in [5.74, 6) is 0. The van der Waals surface area contributed by atoms with Gasteiger partial charge in [0, 0.05) is 6.04 Å². The number of hydrogen-bond acceptors (Lipinski definition) is 1. The molecule has 0 aliphatic carbocycles. The summed E-state index contributed by atoms with van der Waals surface area (Å²) in [5.41, 5.74) is 7.98. The molecule has 0 rings (SSSR count). The average Bonchev–Trinajstić information content (AvgIpc) is 2.30. The molecular formula is C13H31NP2. The van der Waals surface area contributed by atoms with E-state index in [1.54, 1.807) is 0 Å². The van der Waals surface area contributed by atoms with E-state index >= 15 is 0 Å². The topological polar surface area (TPSA) is 26.0 Å². The Balaban J connectivity index is 4.45. The van der Waals surface area contributed by atoms with Crippen LogP contribution in [-0.2, 0) is 0 Å². The monoisotopic (exact) mass is 263 g/mol. The van der Waals surface area contributed by atoms with Crippen molar-refractivity contribution in [2.45, 2.75) is 58.9 Å². The highest BCUT2D eigenvalue weighted by atomic mass is 31.1. The van der Waals surface area contributed by atoms with E-state index in [0.717, 1.165) is 11.3 Å². The van der Waals surface area contributed by atoms with Gasteiger partial charge in [0.25, 0.3) is 0 Å². The van der Waals surface area contributed by atoms with Crippen molar-refractivity contribution in [2.75, 3.05) is 24.6 Å². The molecule has 0 radical (unpaired) electrons. The maximum absolute atomic E-state index is 6.50. The first kappa shape index (κ1) is 16.8. The molecule has 0 aliphatic rings. The van der Waals surface area contributed by atoms with Crippen molar-refractivity contribution in [3.8, 4) is 0 Å². The predicted molar refractivity (Wildman–Crippen MR) is 82.9 cm³/mol. The Morgan fingerprint density at radius 2 is 1.00 bits per heavy atom. The Morgan fingerprint density at radius 3 is 1.19 bits per heavy atom. The molecule has 0 aliphatic heterocycles. The van der Waals surface area contributed by atoms with E-state index in [1.165, 1.54) is 24.6 Å². The van der Waals surface area contributed by atoms with Crippen LogP contribution in [0.25, 0.3) is 0 Å². The minimum absolute atomic E-state index is 0.161. The van der Waals surface area contributed by atoms with Gasteiger partial charge in [-0.1, -0.05) is 41.5 Å². The van der Waals surface area contributed by atoms with Crippen LogP contribution in [0.2, 0.25) is 0 Å². The molecule has 0 saturated heterocycles. The van der Waals surface area contributed by atoms with Gasteiger partial charge >= 0.3 is 0 Å². The second-order valence-electron chi connectivity index (χ2n) is 4.50. The van der Waals surface area contributed by atoms with Crippen LogP contribution in [0.5, 0.6) is 0 Å². The lowest BCUT2D eigenvalue weighted by Crippen LogP contribution is -2.41. The van der Waals surface area contributed by atoms with Gasteiger partial charge in [-0.2, -0.15) is 0 Å². The summed E-state index contributed by atoms with van der Waals surface area (Å²) in [6.45, 7) is 14.1. The highest BCUT2D eigenvalue weighted by molar-refractivity contribution is 7.59. The van der Waals surface area contributed by atoms with E-state index in [4.69, 9.17) is 5.73 Å². The third-order valence-corrected chi connectivity index (χ3v) is 10.1. The Labute approximate surface area is 105 Å². The SMILES string of the molecule is CCP(CC)C(C)C(N)C(C)P(CC)CC. The molecule has 16 heavy (non-hydrogen) atoms. The minimum Gasteiger partial charge on any atom is -0.327 e. The van der Waals surface area contributed by atoms with Crippen LogP contribution >= 0.6 is 15.8 Å². The summed E-state index contributed by atoms with van der Waals surface area (Å²) < 4.78 is 0. The molecule has 1 nitrogen and oxygen atoms in total. The van der Waals surface area contributed by atoms with Crippen molar-refractivity contribution in [3.05, 3.63) is 0 Å². The van der Waals surface area contributed by atoms with Crippen LogP contribution in [-0.4, -0.2) is 42.0 Å². The molecule has 0 amide bonds. The van der Waals surface area contributed by atoms with Gasteiger partial charge in [-0.25, -0.2) is 0 Å². The second-order valence-corrected chi connectivity index (χ2v) is 11.0. The quantitative estimate of drug-likeness (QED) is 0.655. The normalized spacial score (nSPS) is 17.8. The summed E-state index contributed by atoms with van der Waals surface area (Å²) >= 11 is 0. The van der Waals surface area contributed by atoms with Crippen molar-refractivity contribution in [1.82, 2.24) is 0 Å². The Hall–Kier alpha value is 0.820. The Morgan fingerprint density at radius 1 is 0.750 bits per heavy atom. The van der Waals surface area contributed by atoms with E-state index in [0.29, 0.717) is 6.04 Å².